The summed E-state index contributed by atoms with van der Waals surface area (Å²) in [5.74, 6) is 6.40. The Bertz CT molecular complexity index is 2000. The second-order valence-corrected chi connectivity index (χ2v) is 13.6. The average Bonchev–Trinajstić information content (AvgIpc) is 3.67. The van der Waals surface area contributed by atoms with Gasteiger partial charge in [0.2, 0.25) is 5.91 Å². The predicted octanol–water partition coefficient (Wildman–Crippen LogP) is 6.05. The second kappa shape index (κ2) is 14.5. The molecule has 3 aromatic heterocycles. The fraction of sp³-hybridized carbons (Fsp3) is 0.368. The predicted molar refractivity (Wildman–Crippen MR) is 190 cm³/mol. The van der Waals surface area contributed by atoms with Crippen LogP contribution in [0.1, 0.15) is 86.2 Å². The van der Waals surface area contributed by atoms with Crippen LogP contribution in [0.2, 0.25) is 0 Å². The third kappa shape index (κ3) is 8.01. The highest BCUT2D eigenvalue weighted by atomic mass is 16.6. The van der Waals surface area contributed by atoms with Crippen molar-refractivity contribution >= 4 is 46.5 Å². The van der Waals surface area contributed by atoms with E-state index in [1.165, 1.54) is 4.90 Å². The van der Waals surface area contributed by atoms with Crippen LogP contribution >= 0.6 is 0 Å². The summed E-state index contributed by atoms with van der Waals surface area (Å²) >= 11 is 0. The molecule has 6 rings (SSSR count). The molecule has 2 aliphatic heterocycles. The summed E-state index contributed by atoms with van der Waals surface area (Å²) in [6, 6.07) is 16.0. The normalized spacial score (nSPS) is 16.6. The molecule has 2 saturated heterocycles. The summed E-state index contributed by atoms with van der Waals surface area (Å²) < 4.78 is 7.41. The quantitative estimate of drug-likeness (QED) is 0.178. The van der Waals surface area contributed by atoms with E-state index in [0.29, 0.717) is 34.8 Å². The van der Waals surface area contributed by atoms with Crippen LogP contribution in [0.5, 0.6) is 0 Å². The van der Waals surface area contributed by atoms with E-state index in [4.69, 9.17) is 4.74 Å². The lowest BCUT2D eigenvalue weighted by atomic mass is 10.1. The number of amides is 4. The molecule has 0 radical (unpaired) electrons. The Kier molecular flexibility index (Phi) is 9.97. The molecule has 12 nitrogen and oxygen atoms in total. The number of ether oxygens (including phenoxy) is 1. The van der Waals surface area contributed by atoms with E-state index in [9.17, 15) is 19.2 Å². The zero-order valence-corrected chi connectivity index (χ0v) is 28.8. The summed E-state index contributed by atoms with van der Waals surface area (Å²) in [6.07, 6.45) is 5.68. The number of imide groups is 1. The van der Waals surface area contributed by atoms with Crippen molar-refractivity contribution in [2.24, 2.45) is 0 Å². The Morgan fingerprint density at radius 1 is 1.08 bits per heavy atom. The maximum atomic E-state index is 13.5. The lowest BCUT2D eigenvalue weighted by molar-refractivity contribution is -0.120. The van der Waals surface area contributed by atoms with Crippen molar-refractivity contribution in [2.75, 3.05) is 30.4 Å². The molecule has 50 heavy (non-hydrogen) atoms. The van der Waals surface area contributed by atoms with Crippen molar-refractivity contribution < 1.29 is 23.9 Å². The highest BCUT2D eigenvalue weighted by Gasteiger charge is 2.31. The van der Waals surface area contributed by atoms with Crippen molar-refractivity contribution in [3.8, 4) is 11.8 Å². The number of aromatic nitrogens is 3. The van der Waals surface area contributed by atoms with Gasteiger partial charge < -0.3 is 10.1 Å². The average molecular weight is 676 g/mol. The highest BCUT2D eigenvalue weighted by molar-refractivity contribution is 6.05. The Morgan fingerprint density at radius 2 is 1.88 bits per heavy atom. The van der Waals surface area contributed by atoms with Crippen molar-refractivity contribution in [3.05, 3.63) is 83.3 Å². The van der Waals surface area contributed by atoms with Crippen LogP contribution in [-0.2, 0) is 16.0 Å². The second-order valence-electron chi connectivity index (χ2n) is 13.6. The molecule has 2 aliphatic rings. The molecule has 4 amide bonds. The first kappa shape index (κ1) is 34.3. The number of nitrogens with one attached hydrogen (secondary N) is 2. The van der Waals surface area contributed by atoms with Gasteiger partial charge in [-0.25, -0.2) is 24.1 Å². The Balaban J connectivity index is 1.07. The molecule has 12 heteroatoms. The molecule has 2 fully saturated rings. The number of fused-ring (bicyclic) bond motifs is 1. The first-order chi connectivity index (χ1) is 23.9. The van der Waals surface area contributed by atoms with Gasteiger partial charge in [-0.05, 0) is 102 Å². The van der Waals surface area contributed by atoms with Gasteiger partial charge in [-0.2, -0.15) is 0 Å². The van der Waals surface area contributed by atoms with Gasteiger partial charge >= 0.3 is 12.1 Å². The number of anilines is 2. The number of carbonyl (C=O) groups is 4. The molecular weight excluding hydrogens is 634 g/mol. The zero-order chi connectivity index (χ0) is 35.4. The topological polar surface area (TPSA) is 139 Å². The first-order valence-electron chi connectivity index (χ1n) is 16.9. The molecule has 5 heterocycles. The third-order valence-corrected chi connectivity index (χ3v) is 8.66. The number of rotatable bonds is 7. The smallest absolute Gasteiger partial charge is 0.419 e. The number of urea groups is 1. The van der Waals surface area contributed by atoms with Crippen molar-refractivity contribution in [3.63, 3.8) is 0 Å². The van der Waals surface area contributed by atoms with E-state index < -0.39 is 17.7 Å². The number of hydrogen-bond acceptors (Lipinski definition) is 8. The number of pyridine rings is 2. The number of aryl methyl sites for hydroxylation is 1. The van der Waals surface area contributed by atoms with Crippen LogP contribution in [0.25, 0.3) is 10.9 Å². The molecule has 0 unspecified atom stereocenters. The Labute approximate surface area is 291 Å². The molecule has 0 bridgehead atoms. The summed E-state index contributed by atoms with van der Waals surface area (Å²) in [4.78, 5) is 62.8. The van der Waals surface area contributed by atoms with Crippen LogP contribution < -0.4 is 15.5 Å². The van der Waals surface area contributed by atoms with Crippen LogP contribution in [0.3, 0.4) is 0 Å². The van der Waals surface area contributed by atoms with E-state index in [1.807, 2.05) is 39.0 Å². The molecular formula is C38H41N7O5. The van der Waals surface area contributed by atoms with Crippen LogP contribution in [0, 0.1) is 11.8 Å². The van der Waals surface area contributed by atoms with Crippen molar-refractivity contribution in [1.29, 1.82) is 0 Å². The number of unbranched alkanes of at least 4 members (excludes halogenated alkanes) is 1. The number of hydrogen-bond donors (Lipinski definition) is 2. The first-order valence-corrected chi connectivity index (χ1v) is 16.9. The molecule has 1 atom stereocenters. The van der Waals surface area contributed by atoms with Crippen LogP contribution in [-0.4, -0.2) is 69.1 Å². The van der Waals surface area contributed by atoms with Gasteiger partial charge in [-0.1, -0.05) is 24.1 Å². The number of nitrogens with zero attached hydrogens (tertiary/aromatic N) is 5. The van der Waals surface area contributed by atoms with Gasteiger partial charge in [0.1, 0.15) is 22.9 Å². The standard InChI is InChI=1S/C38H41N7O5/c1-38(2,3)50-37(49)45-30-23-32(39-24-27(30)22-31(45)29-13-9-20-43(29)4)41-35(47)26-17-15-25(16-18-26)10-6-5-7-11-28-12-8-14-33(40-28)44-21-19-34(46)42-36(44)48/h8,12,14-18,22-24,29H,5-6,9-10,13,19-21H2,1-4H3,(H,39,41,47)(H,42,46,48)/t29-/m1/s1. The fourth-order valence-electron chi connectivity index (χ4n) is 6.20. The van der Waals surface area contributed by atoms with E-state index in [2.05, 4.69) is 44.4 Å². The maximum absolute atomic E-state index is 13.5. The van der Waals surface area contributed by atoms with Gasteiger partial charge in [0.25, 0.3) is 5.91 Å². The molecule has 258 valence electrons. The molecule has 4 aromatic rings. The number of likely N-dealkylation sites (tertiary alicyclic amines) is 1. The van der Waals surface area contributed by atoms with E-state index >= 15 is 0 Å². The Morgan fingerprint density at radius 3 is 2.60 bits per heavy atom. The van der Waals surface area contributed by atoms with E-state index in [1.54, 1.807) is 47.2 Å². The van der Waals surface area contributed by atoms with E-state index in [-0.39, 0.29) is 30.8 Å². The van der Waals surface area contributed by atoms with Crippen LogP contribution in [0.4, 0.5) is 21.2 Å². The number of carbonyl (C=O) groups excluding carboxylic acids is 4. The minimum Gasteiger partial charge on any atom is -0.443 e. The monoisotopic (exact) mass is 675 g/mol. The van der Waals surface area contributed by atoms with Gasteiger partial charge in [-0.15, -0.1) is 0 Å². The van der Waals surface area contributed by atoms with Gasteiger partial charge in [0, 0.05) is 48.3 Å². The lowest BCUT2D eigenvalue weighted by Crippen LogP contribution is -2.49. The Hall–Kier alpha value is -5.54. The molecule has 0 saturated carbocycles. The molecule has 1 aromatic carbocycles. The summed E-state index contributed by atoms with van der Waals surface area (Å²) in [7, 11) is 2.06. The largest absolute Gasteiger partial charge is 0.443 e. The third-order valence-electron chi connectivity index (χ3n) is 8.66. The summed E-state index contributed by atoms with van der Waals surface area (Å²) in [6.45, 7) is 6.77. The number of benzene rings is 1. The van der Waals surface area contributed by atoms with Crippen molar-refractivity contribution in [2.45, 2.75) is 70.9 Å². The van der Waals surface area contributed by atoms with Crippen molar-refractivity contribution in [1.82, 2.24) is 24.8 Å². The zero-order valence-electron chi connectivity index (χ0n) is 28.8. The van der Waals surface area contributed by atoms with Crippen LogP contribution in [0.15, 0.2) is 60.8 Å². The fourth-order valence-corrected chi connectivity index (χ4v) is 6.20. The summed E-state index contributed by atoms with van der Waals surface area (Å²) in [5.41, 5.74) is 2.94. The minimum absolute atomic E-state index is 0.0813. The maximum Gasteiger partial charge on any atom is 0.419 e. The van der Waals surface area contributed by atoms with Gasteiger partial charge in [-0.3, -0.25) is 24.7 Å². The minimum atomic E-state index is -0.667. The van der Waals surface area contributed by atoms with Gasteiger partial charge in [0.15, 0.2) is 0 Å². The lowest BCUT2D eigenvalue weighted by Gasteiger charge is -2.25. The molecule has 0 spiro atoms. The molecule has 2 N–H and O–H groups in total. The SMILES string of the molecule is CN1CCC[C@@H]1c1cc2cnc(NC(=O)c3ccc(CCCC#Cc4cccc(N5CCC(=O)NC5=O)n4)cc3)cc2n1C(=O)OC(C)(C)C. The molecule has 0 aliphatic carbocycles. The highest BCUT2D eigenvalue weighted by Crippen LogP contribution is 2.35. The summed E-state index contributed by atoms with van der Waals surface area (Å²) in [5, 5.41) is 5.99. The van der Waals surface area contributed by atoms with E-state index in [0.717, 1.165) is 48.9 Å². The van der Waals surface area contributed by atoms with Gasteiger partial charge in [0.05, 0.1) is 11.6 Å².